The maximum atomic E-state index is 6.17. The number of aromatic nitrogens is 4. The SMILES string of the molecule is CCc1nc(-c2cncn2C(C)C)nc(Cl)c1C. The van der Waals surface area contributed by atoms with Crippen molar-refractivity contribution in [2.45, 2.75) is 40.2 Å². The number of imidazole rings is 1. The quantitative estimate of drug-likeness (QED) is 0.798. The van der Waals surface area contributed by atoms with E-state index in [0.717, 1.165) is 23.4 Å². The van der Waals surface area contributed by atoms with E-state index in [-0.39, 0.29) is 0 Å². The highest BCUT2D eigenvalue weighted by atomic mass is 35.5. The molecule has 4 nitrogen and oxygen atoms in total. The number of halogens is 1. The van der Waals surface area contributed by atoms with Crippen LogP contribution in [0.3, 0.4) is 0 Å². The van der Waals surface area contributed by atoms with Crippen LogP contribution < -0.4 is 0 Å². The molecule has 0 aliphatic heterocycles. The zero-order valence-corrected chi connectivity index (χ0v) is 11.9. The second-order valence-corrected chi connectivity index (χ2v) is 4.90. The van der Waals surface area contributed by atoms with E-state index in [9.17, 15) is 0 Å². The van der Waals surface area contributed by atoms with Crippen molar-refractivity contribution in [1.82, 2.24) is 19.5 Å². The van der Waals surface area contributed by atoms with Gasteiger partial charge >= 0.3 is 0 Å². The topological polar surface area (TPSA) is 43.6 Å². The van der Waals surface area contributed by atoms with Crippen molar-refractivity contribution in [2.75, 3.05) is 0 Å². The molecule has 0 radical (unpaired) electrons. The maximum absolute atomic E-state index is 6.17. The molecular weight excluding hydrogens is 248 g/mol. The van der Waals surface area contributed by atoms with Crippen LogP contribution >= 0.6 is 11.6 Å². The lowest BCUT2D eigenvalue weighted by atomic mass is 10.2. The lowest BCUT2D eigenvalue weighted by Crippen LogP contribution is -2.05. The zero-order valence-electron chi connectivity index (χ0n) is 11.1. The van der Waals surface area contributed by atoms with Gasteiger partial charge in [-0.1, -0.05) is 18.5 Å². The van der Waals surface area contributed by atoms with Gasteiger partial charge in [0, 0.05) is 17.3 Å². The summed E-state index contributed by atoms with van der Waals surface area (Å²) in [6.45, 7) is 8.21. The van der Waals surface area contributed by atoms with Crippen molar-refractivity contribution < 1.29 is 0 Å². The maximum Gasteiger partial charge on any atom is 0.179 e. The number of hydrogen-bond acceptors (Lipinski definition) is 3. The van der Waals surface area contributed by atoms with E-state index in [1.165, 1.54) is 0 Å². The number of nitrogens with zero attached hydrogens (tertiary/aromatic N) is 4. The average molecular weight is 265 g/mol. The molecule has 0 spiro atoms. The Hall–Kier alpha value is -1.42. The molecule has 5 heteroatoms. The standard InChI is InChI=1S/C13H17ClN4/c1-5-10-9(4)12(14)17-13(16-10)11-6-15-7-18(11)8(2)3/h6-8H,5H2,1-4H3. The molecule has 2 aromatic heterocycles. The second kappa shape index (κ2) is 5.06. The van der Waals surface area contributed by atoms with E-state index in [1.807, 2.05) is 11.5 Å². The molecule has 0 aromatic carbocycles. The van der Waals surface area contributed by atoms with Crippen molar-refractivity contribution in [2.24, 2.45) is 0 Å². The first kappa shape index (κ1) is 13.0. The summed E-state index contributed by atoms with van der Waals surface area (Å²) in [5.74, 6) is 0.647. The Bertz CT molecular complexity index is 560. The van der Waals surface area contributed by atoms with Gasteiger partial charge < -0.3 is 4.57 Å². The third kappa shape index (κ3) is 2.25. The van der Waals surface area contributed by atoms with Crippen LogP contribution in [0.2, 0.25) is 5.15 Å². The molecule has 0 atom stereocenters. The monoisotopic (exact) mass is 264 g/mol. The minimum Gasteiger partial charge on any atom is -0.325 e. The van der Waals surface area contributed by atoms with E-state index in [0.29, 0.717) is 17.0 Å². The fourth-order valence-electron chi connectivity index (χ4n) is 1.88. The molecule has 18 heavy (non-hydrogen) atoms. The Morgan fingerprint density at radius 3 is 2.67 bits per heavy atom. The summed E-state index contributed by atoms with van der Waals surface area (Å²) in [5.41, 5.74) is 2.85. The Morgan fingerprint density at radius 1 is 1.33 bits per heavy atom. The van der Waals surface area contributed by atoms with Gasteiger partial charge in [0.2, 0.25) is 0 Å². The Morgan fingerprint density at radius 2 is 2.06 bits per heavy atom. The Kier molecular flexibility index (Phi) is 3.66. The van der Waals surface area contributed by atoms with Gasteiger partial charge in [0.05, 0.1) is 12.5 Å². The minimum absolute atomic E-state index is 0.316. The van der Waals surface area contributed by atoms with Gasteiger partial charge in [0.15, 0.2) is 5.82 Å². The number of rotatable bonds is 3. The summed E-state index contributed by atoms with van der Waals surface area (Å²) < 4.78 is 2.04. The normalized spacial score (nSPS) is 11.2. The molecule has 0 bridgehead atoms. The Balaban J connectivity index is 2.57. The smallest absolute Gasteiger partial charge is 0.179 e. The first-order valence-electron chi connectivity index (χ1n) is 6.09. The summed E-state index contributed by atoms with van der Waals surface area (Å²) in [6.07, 6.45) is 4.42. The van der Waals surface area contributed by atoms with Gasteiger partial charge in [-0.3, -0.25) is 0 Å². The largest absolute Gasteiger partial charge is 0.325 e. The van der Waals surface area contributed by atoms with Crippen molar-refractivity contribution in [3.63, 3.8) is 0 Å². The predicted molar refractivity (Wildman–Crippen MR) is 72.8 cm³/mol. The molecule has 0 aliphatic rings. The molecular formula is C13H17ClN4. The van der Waals surface area contributed by atoms with Crippen molar-refractivity contribution in [1.29, 1.82) is 0 Å². The lowest BCUT2D eigenvalue weighted by Gasteiger charge is -2.12. The van der Waals surface area contributed by atoms with Crippen LogP contribution in [0, 0.1) is 6.92 Å². The van der Waals surface area contributed by atoms with Crippen LogP contribution in [0.4, 0.5) is 0 Å². The second-order valence-electron chi connectivity index (χ2n) is 4.54. The van der Waals surface area contributed by atoms with E-state index in [2.05, 4.69) is 35.7 Å². The van der Waals surface area contributed by atoms with Gasteiger partial charge in [-0.15, -0.1) is 0 Å². The molecule has 0 aliphatic carbocycles. The minimum atomic E-state index is 0.316. The van der Waals surface area contributed by atoms with Crippen molar-refractivity contribution >= 4 is 11.6 Å². The van der Waals surface area contributed by atoms with E-state index >= 15 is 0 Å². The summed E-state index contributed by atoms with van der Waals surface area (Å²) in [6, 6.07) is 0.316. The van der Waals surface area contributed by atoms with E-state index in [4.69, 9.17) is 11.6 Å². The highest BCUT2D eigenvalue weighted by Gasteiger charge is 2.14. The molecule has 0 saturated heterocycles. The lowest BCUT2D eigenvalue weighted by molar-refractivity contribution is 0.603. The molecule has 0 amide bonds. The number of hydrogen-bond donors (Lipinski definition) is 0. The van der Waals surface area contributed by atoms with Crippen LogP contribution in [-0.2, 0) is 6.42 Å². The van der Waals surface area contributed by atoms with Crippen LogP contribution in [0.15, 0.2) is 12.5 Å². The Labute approximate surface area is 112 Å². The molecule has 2 rings (SSSR count). The van der Waals surface area contributed by atoms with Crippen LogP contribution in [0.5, 0.6) is 0 Å². The highest BCUT2D eigenvalue weighted by molar-refractivity contribution is 6.30. The third-order valence-electron chi connectivity index (χ3n) is 2.97. The van der Waals surface area contributed by atoms with E-state index < -0.39 is 0 Å². The van der Waals surface area contributed by atoms with Crippen LogP contribution in [0.1, 0.15) is 38.1 Å². The van der Waals surface area contributed by atoms with Crippen molar-refractivity contribution in [3.05, 3.63) is 28.9 Å². The fraction of sp³-hybridized carbons (Fsp3) is 0.462. The average Bonchev–Trinajstić information content (AvgIpc) is 2.81. The number of aryl methyl sites for hydroxylation is 1. The third-order valence-corrected chi connectivity index (χ3v) is 3.34. The summed E-state index contributed by atoms with van der Waals surface area (Å²) >= 11 is 6.17. The molecule has 96 valence electrons. The molecule has 0 N–H and O–H groups in total. The van der Waals surface area contributed by atoms with Gasteiger partial charge in [-0.25, -0.2) is 15.0 Å². The summed E-state index contributed by atoms with van der Waals surface area (Å²) in [4.78, 5) is 13.1. The molecule has 0 unspecified atom stereocenters. The van der Waals surface area contributed by atoms with Crippen LogP contribution in [0.25, 0.3) is 11.5 Å². The molecule has 0 saturated carbocycles. The molecule has 2 aromatic rings. The van der Waals surface area contributed by atoms with Crippen LogP contribution in [-0.4, -0.2) is 19.5 Å². The fourth-order valence-corrected chi connectivity index (χ4v) is 2.07. The highest BCUT2D eigenvalue weighted by Crippen LogP contribution is 2.23. The zero-order chi connectivity index (χ0) is 13.3. The van der Waals surface area contributed by atoms with Gasteiger partial charge in [0.25, 0.3) is 0 Å². The van der Waals surface area contributed by atoms with Gasteiger partial charge in [0.1, 0.15) is 10.8 Å². The van der Waals surface area contributed by atoms with E-state index in [1.54, 1.807) is 12.5 Å². The first-order chi connectivity index (χ1) is 8.54. The predicted octanol–water partition coefficient (Wildman–Crippen LogP) is 3.45. The summed E-state index contributed by atoms with van der Waals surface area (Å²) in [7, 11) is 0. The van der Waals surface area contributed by atoms with Crippen molar-refractivity contribution in [3.8, 4) is 11.5 Å². The first-order valence-corrected chi connectivity index (χ1v) is 6.47. The molecule has 0 fully saturated rings. The van der Waals surface area contributed by atoms with Gasteiger partial charge in [-0.2, -0.15) is 0 Å². The van der Waals surface area contributed by atoms with Gasteiger partial charge in [-0.05, 0) is 27.2 Å². The molecule has 2 heterocycles. The summed E-state index contributed by atoms with van der Waals surface area (Å²) in [5, 5.41) is 0.522.